The van der Waals surface area contributed by atoms with Crippen LogP contribution in [0.3, 0.4) is 0 Å². The molecule has 0 saturated carbocycles. The number of halogens is 10. The van der Waals surface area contributed by atoms with E-state index in [1.54, 1.807) is 0 Å². The molecule has 0 aromatic heterocycles. The first-order valence-electron chi connectivity index (χ1n) is 5.88. The van der Waals surface area contributed by atoms with Gasteiger partial charge >= 0.3 is 139 Å². The van der Waals surface area contributed by atoms with Gasteiger partial charge in [0, 0.05) is 0 Å². The molecule has 0 spiro atoms. The van der Waals surface area contributed by atoms with Crippen LogP contribution in [0.2, 0.25) is 0 Å². The van der Waals surface area contributed by atoms with Gasteiger partial charge in [0.1, 0.15) is 0 Å². The Balaban J connectivity index is 2.29. The maximum absolute atomic E-state index is 13.3. The van der Waals surface area contributed by atoms with Crippen LogP contribution in [0.25, 0.3) is 0 Å². The fraction of sp³-hybridized carbons (Fsp3) is 0. The van der Waals surface area contributed by atoms with Crippen LogP contribution < -0.4 is 7.13 Å². The Morgan fingerprint density at radius 2 is 0.560 bits per heavy atom. The molecule has 2 nitrogen and oxygen atoms in total. The van der Waals surface area contributed by atoms with Crippen LogP contribution >= 0.6 is 0 Å². The fourth-order valence-electron chi connectivity index (χ4n) is 1.57. The number of rotatable bonds is 4. The first-order valence-corrected chi connectivity index (χ1v) is 8.30. The second kappa shape index (κ2) is 7.06. The molecule has 0 aliphatic heterocycles. The minimum absolute atomic E-state index is 1.79. The van der Waals surface area contributed by atoms with Gasteiger partial charge in [0.15, 0.2) is 0 Å². The predicted molar refractivity (Wildman–Crippen MR) is 53.7 cm³/mol. The zero-order valence-corrected chi connectivity index (χ0v) is 14.3. The first kappa shape index (κ1) is 19.3. The molecule has 0 amide bonds. The third kappa shape index (κ3) is 3.24. The summed E-state index contributed by atoms with van der Waals surface area (Å²) in [6.07, 6.45) is 0. The van der Waals surface area contributed by atoms with E-state index in [-0.39, 0.29) is 0 Å². The molecule has 0 N–H and O–H groups in total. The van der Waals surface area contributed by atoms with Crippen molar-refractivity contribution in [3.05, 3.63) is 58.2 Å². The predicted octanol–water partition coefficient (Wildman–Crippen LogP) is 4.45. The third-order valence-electron chi connectivity index (χ3n) is 2.75. The number of hydrogen-bond acceptors (Lipinski definition) is 2. The summed E-state index contributed by atoms with van der Waals surface area (Å²) >= 11 is -3.52. The van der Waals surface area contributed by atoms with Crippen molar-refractivity contribution in [3.63, 3.8) is 0 Å². The van der Waals surface area contributed by atoms with Crippen molar-refractivity contribution in [1.82, 2.24) is 0 Å². The van der Waals surface area contributed by atoms with Crippen LogP contribution in [0.15, 0.2) is 0 Å². The Bertz CT molecular complexity index is 729. The Morgan fingerprint density at radius 3 is 0.800 bits per heavy atom. The van der Waals surface area contributed by atoms with Crippen LogP contribution in [-0.2, 0) is 17.8 Å². The van der Waals surface area contributed by atoms with Crippen LogP contribution in [0.4, 0.5) is 43.9 Å². The summed E-state index contributed by atoms with van der Waals surface area (Å²) in [7, 11) is 0. The van der Waals surface area contributed by atoms with E-state index in [0.29, 0.717) is 0 Å². The molecule has 0 heterocycles. The van der Waals surface area contributed by atoms with E-state index < -0.39 is 87.5 Å². The molecule has 2 aromatic carbocycles. The van der Waals surface area contributed by atoms with E-state index in [0.717, 1.165) is 0 Å². The molecule has 2 rings (SSSR count). The van der Waals surface area contributed by atoms with Crippen molar-refractivity contribution in [2.45, 2.75) is 0 Å². The quantitative estimate of drug-likeness (QED) is 0.308. The van der Waals surface area contributed by atoms with Crippen molar-refractivity contribution < 1.29 is 68.9 Å². The molecule has 25 heavy (non-hydrogen) atoms. The molecular weight excluding hydrogens is 432 g/mol. The van der Waals surface area contributed by atoms with Gasteiger partial charge in [0.2, 0.25) is 0 Å². The van der Waals surface area contributed by atoms with Gasteiger partial charge in [0.25, 0.3) is 0 Å². The molecule has 0 saturated heterocycles. The van der Waals surface area contributed by atoms with Gasteiger partial charge in [-0.2, -0.15) is 0 Å². The minimum atomic E-state index is -3.52. The number of hydrogen-bond donors (Lipinski definition) is 0. The summed E-state index contributed by atoms with van der Waals surface area (Å²) in [5, 5.41) is 0. The van der Waals surface area contributed by atoms with Gasteiger partial charge in [0.05, 0.1) is 0 Å². The zero-order valence-electron chi connectivity index (χ0n) is 11.3. The molecule has 0 atom stereocenters. The van der Waals surface area contributed by atoms with Crippen molar-refractivity contribution in [3.8, 4) is 11.5 Å². The van der Waals surface area contributed by atoms with Gasteiger partial charge in [-0.1, -0.05) is 0 Å². The normalized spacial score (nSPS) is 10.6. The standard InChI is InChI=1S/2C6HF5O.Zn/c2*7-1-2(8)4(10)6(12)5(11)3(1)9;/h2*12H;/q;;+2/p-2. The summed E-state index contributed by atoms with van der Waals surface area (Å²) in [4.78, 5) is 0. The van der Waals surface area contributed by atoms with Crippen molar-refractivity contribution in [2.75, 3.05) is 0 Å². The van der Waals surface area contributed by atoms with Gasteiger partial charge < -0.3 is 0 Å². The van der Waals surface area contributed by atoms with Crippen molar-refractivity contribution >= 4 is 0 Å². The second-order valence-corrected chi connectivity index (χ2v) is 5.91. The molecule has 0 fully saturated rings. The summed E-state index contributed by atoms with van der Waals surface area (Å²) in [5.74, 6) is -27.5. The zero-order chi connectivity index (χ0) is 19.0. The van der Waals surface area contributed by atoms with Crippen molar-refractivity contribution in [2.24, 2.45) is 0 Å². The average Bonchev–Trinajstić information content (AvgIpc) is 2.60. The van der Waals surface area contributed by atoms with Crippen LogP contribution in [-0.4, -0.2) is 0 Å². The van der Waals surface area contributed by atoms with E-state index >= 15 is 0 Å². The summed E-state index contributed by atoms with van der Waals surface area (Å²) in [5.41, 5.74) is 0. The topological polar surface area (TPSA) is 18.5 Å². The summed E-state index contributed by atoms with van der Waals surface area (Å²) in [6.45, 7) is 0. The van der Waals surface area contributed by atoms with Gasteiger partial charge in [-0.25, -0.2) is 0 Å². The van der Waals surface area contributed by atoms with Crippen LogP contribution in [0.5, 0.6) is 11.5 Å². The van der Waals surface area contributed by atoms with Gasteiger partial charge in [-0.05, 0) is 0 Å². The van der Waals surface area contributed by atoms with E-state index in [2.05, 4.69) is 7.13 Å². The van der Waals surface area contributed by atoms with Gasteiger partial charge in [-0.15, -0.1) is 0 Å². The van der Waals surface area contributed by atoms with Crippen LogP contribution in [0, 0.1) is 58.2 Å². The molecule has 13 heteroatoms. The van der Waals surface area contributed by atoms with Crippen LogP contribution in [0.1, 0.15) is 0 Å². The van der Waals surface area contributed by atoms with Crippen molar-refractivity contribution in [1.29, 1.82) is 0 Å². The average molecular weight is 432 g/mol. The summed E-state index contributed by atoms with van der Waals surface area (Å²) < 4.78 is 139. The third-order valence-corrected chi connectivity index (χ3v) is 4.45. The van der Waals surface area contributed by atoms with E-state index in [9.17, 15) is 43.9 Å². The van der Waals surface area contributed by atoms with Gasteiger partial charge in [-0.3, -0.25) is 0 Å². The SMILES string of the molecule is Fc1c(F)c(F)c([O][Zn][O]c2c(F)c(F)c(F)c(F)c2F)c(F)c1F. The Kier molecular flexibility index (Phi) is 5.45. The van der Waals surface area contributed by atoms with E-state index in [1.165, 1.54) is 0 Å². The molecule has 0 unspecified atom stereocenters. The second-order valence-electron chi connectivity index (χ2n) is 4.20. The molecule has 0 aliphatic carbocycles. The molecule has 0 radical (unpaired) electrons. The van der Waals surface area contributed by atoms with E-state index in [4.69, 9.17) is 0 Å². The van der Waals surface area contributed by atoms with E-state index in [1.807, 2.05) is 0 Å². The first-order chi connectivity index (χ1) is 11.6. The number of benzene rings is 2. The monoisotopic (exact) mass is 430 g/mol. The Morgan fingerprint density at radius 1 is 0.360 bits per heavy atom. The Hall–Kier alpha value is -2.04. The summed E-state index contributed by atoms with van der Waals surface area (Å²) in [6, 6.07) is 0. The maximum atomic E-state index is 13.3. The Labute approximate surface area is 139 Å². The molecule has 0 bridgehead atoms. The molecule has 132 valence electrons. The molecule has 0 aliphatic rings. The molecular formula is C12F10O2Zn. The molecule has 2 aromatic rings. The fourth-order valence-corrected chi connectivity index (χ4v) is 3.25.